The summed E-state index contributed by atoms with van der Waals surface area (Å²) in [6.45, 7) is 0. The van der Waals surface area contributed by atoms with Crippen LogP contribution in [0.5, 0.6) is 0 Å². The summed E-state index contributed by atoms with van der Waals surface area (Å²) in [4.78, 5) is 13.3. The Bertz CT molecular complexity index is 943. The molecule has 0 radical (unpaired) electrons. The van der Waals surface area contributed by atoms with Crippen molar-refractivity contribution < 1.29 is 18.0 Å². The van der Waals surface area contributed by atoms with Gasteiger partial charge in [-0.1, -0.05) is 12.1 Å². The number of aryl methyl sites for hydroxylation is 3. The molecule has 0 aliphatic heterocycles. The Kier molecular flexibility index (Phi) is 4.86. The van der Waals surface area contributed by atoms with Crippen molar-refractivity contribution in [1.29, 1.82) is 0 Å². The van der Waals surface area contributed by atoms with Gasteiger partial charge < -0.3 is 5.73 Å². The van der Waals surface area contributed by atoms with Crippen molar-refractivity contribution in [3.63, 3.8) is 0 Å². The highest BCUT2D eigenvalue weighted by atomic mass is 32.1. The van der Waals surface area contributed by atoms with E-state index in [-0.39, 0.29) is 12.0 Å². The second kappa shape index (κ2) is 6.95. The third-order valence-electron chi connectivity index (χ3n) is 3.99. The molecule has 0 aliphatic carbocycles. The minimum Gasteiger partial charge on any atom is -0.366 e. The largest absolute Gasteiger partial charge is 0.417 e. The van der Waals surface area contributed by atoms with Crippen molar-refractivity contribution >= 4 is 17.2 Å². The number of nitrogens with zero attached hydrogens (tertiary/aromatic N) is 2. The number of carbonyl (C=O) groups excluding carboxylic acids is 1. The third-order valence-corrected chi connectivity index (χ3v) is 5.19. The molecule has 1 amide bonds. The molecule has 0 spiro atoms. The molecular formula is C18H16F3N3OS. The lowest BCUT2D eigenvalue weighted by Gasteiger charge is -2.15. The number of benzene rings is 1. The Balaban J connectivity index is 1.83. The number of carbonyl (C=O) groups is 1. The van der Waals surface area contributed by atoms with Crippen molar-refractivity contribution in [2.45, 2.75) is 19.0 Å². The molecule has 3 rings (SSSR count). The maximum absolute atomic E-state index is 13.4. The molecule has 8 heteroatoms. The normalized spacial score (nSPS) is 11.7. The molecule has 2 heterocycles. The fraction of sp³-hybridized carbons (Fsp3) is 0.222. The lowest BCUT2D eigenvalue weighted by Crippen LogP contribution is -2.21. The summed E-state index contributed by atoms with van der Waals surface area (Å²) in [7, 11) is 1.82. The minimum atomic E-state index is -4.63. The number of hydrogen-bond donors (Lipinski definition) is 1. The van der Waals surface area contributed by atoms with E-state index < -0.39 is 23.2 Å². The van der Waals surface area contributed by atoms with Crippen LogP contribution in [0.25, 0.3) is 10.4 Å². The van der Waals surface area contributed by atoms with Gasteiger partial charge in [0.25, 0.3) is 0 Å². The molecule has 0 fully saturated rings. The number of aromatic nitrogens is 2. The van der Waals surface area contributed by atoms with E-state index in [0.717, 1.165) is 21.4 Å². The Morgan fingerprint density at radius 1 is 1.23 bits per heavy atom. The van der Waals surface area contributed by atoms with E-state index in [1.165, 1.54) is 23.5 Å². The molecule has 0 bridgehead atoms. The molecule has 0 saturated heterocycles. The van der Waals surface area contributed by atoms with E-state index in [1.54, 1.807) is 10.9 Å². The summed E-state index contributed by atoms with van der Waals surface area (Å²) < 4.78 is 41.9. The highest BCUT2D eigenvalue weighted by molar-refractivity contribution is 7.15. The van der Waals surface area contributed by atoms with Gasteiger partial charge in [-0.15, -0.1) is 11.3 Å². The number of nitrogens with two attached hydrogens (primary N) is 1. The maximum Gasteiger partial charge on any atom is 0.417 e. The van der Waals surface area contributed by atoms with Crippen LogP contribution < -0.4 is 5.73 Å². The Hall–Kier alpha value is -2.61. The van der Waals surface area contributed by atoms with E-state index >= 15 is 0 Å². The molecule has 0 saturated carbocycles. The van der Waals surface area contributed by atoms with Gasteiger partial charge in [0.05, 0.1) is 17.3 Å². The number of amides is 1. The molecule has 3 aromatic rings. The lowest BCUT2D eigenvalue weighted by atomic mass is 9.96. The highest BCUT2D eigenvalue weighted by Crippen LogP contribution is 2.36. The average molecular weight is 379 g/mol. The van der Waals surface area contributed by atoms with E-state index in [2.05, 4.69) is 5.10 Å². The van der Waals surface area contributed by atoms with Gasteiger partial charge in [-0.25, -0.2) is 0 Å². The molecule has 0 unspecified atom stereocenters. The first-order valence-electron chi connectivity index (χ1n) is 7.82. The minimum absolute atomic E-state index is 0.0742. The van der Waals surface area contributed by atoms with Crippen LogP contribution >= 0.6 is 11.3 Å². The van der Waals surface area contributed by atoms with Crippen molar-refractivity contribution in [1.82, 2.24) is 9.78 Å². The zero-order valence-electron chi connectivity index (χ0n) is 13.9. The standard InChI is InChI=1S/C18H16F3N3OS/c1-24-10-12(9-23-24)15-8-7-13(26-15)6-5-11-3-2-4-14(17(22)25)16(11)18(19,20)21/h2-4,7-10H,5-6H2,1H3,(H2,22,25). The van der Waals surface area contributed by atoms with E-state index in [1.807, 2.05) is 25.4 Å². The number of alkyl halides is 3. The maximum atomic E-state index is 13.4. The monoisotopic (exact) mass is 379 g/mol. The van der Waals surface area contributed by atoms with Crippen LogP contribution in [-0.2, 0) is 26.1 Å². The summed E-state index contributed by atoms with van der Waals surface area (Å²) >= 11 is 1.52. The zero-order valence-corrected chi connectivity index (χ0v) is 14.7. The predicted octanol–water partition coefficient (Wildman–Crippen LogP) is 4.05. The molecule has 0 atom stereocenters. The van der Waals surface area contributed by atoms with Gasteiger partial charge in [0.2, 0.25) is 5.91 Å². The molecule has 136 valence electrons. The Labute approximate surface area is 152 Å². The van der Waals surface area contributed by atoms with E-state index in [9.17, 15) is 18.0 Å². The van der Waals surface area contributed by atoms with Gasteiger partial charge in [0.15, 0.2) is 0 Å². The molecular weight excluding hydrogens is 363 g/mol. The van der Waals surface area contributed by atoms with Crippen LogP contribution in [0.3, 0.4) is 0 Å². The second-order valence-corrected chi connectivity index (χ2v) is 7.04. The number of hydrogen-bond acceptors (Lipinski definition) is 3. The first-order chi connectivity index (χ1) is 12.3. The second-order valence-electron chi connectivity index (χ2n) is 5.87. The Morgan fingerprint density at radius 3 is 2.62 bits per heavy atom. The van der Waals surface area contributed by atoms with Gasteiger partial charge in [-0.3, -0.25) is 9.48 Å². The van der Waals surface area contributed by atoms with Gasteiger partial charge in [0.1, 0.15) is 0 Å². The zero-order chi connectivity index (χ0) is 18.9. The van der Waals surface area contributed by atoms with Crippen molar-refractivity contribution in [3.05, 3.63) is 64.3 Å². The number of thiophene rings is 1. The first kappa shape index (κ1) is 18.2. The number of primary amides is 1. The Morgan fingerprint density at radius 2 is 2.00 bits per heavy atom. The van der Waals surface area contributed by atoms with Crippen LogP contribution in [0.15, 0.2) is 42.7 Å². The topological polar surface area (TPSA) is 60.9 Å². The van der Waals surface area contributed by atoms with Crippen molar-refractivity contribution in [2.75, 3.05) is 0 Å². The summed E-state index contributed by atoms with van der Waals surface area (Å²) in [5.74, 6) is -1.07. The van der Waals surface area contributed by atoms with Crippen LogP contribution in [0.1, 0.15) is 26.4 Å². The van der Waals surface area contributed by atoms with Gasteiger partial charge >= 0.3 is 6.18 Å². The summed E-state index contributed by atoms with van der Waals surface area (Å²) in [5, 5.41) is 4.12. The summed E-state index contributed by atoms with van der Waals surface area (Å²) in [5.41, 5.74) is 4.73. The van der Waals surface area contributed by atoms with Crippen molar-refractivity contribution in [2.24, 2.45) is 12.8 Å². The van der Waals surface area contributed by atoms with Gasteiger partial charge in [-0.2, -0.15) is 18.3 Å². The molecule has 1 aromatic carbocycles. The van der Waals surface area contributed by atoms with Crippen LogP contribution in [0, 0.1) is 0 Å². The van der Waals surface area contributed by atoms with Crippen LogP contribution in [0.4, 0.5) is 13.2 Å². The summed E-state index contributed by atoms with van der Waals surface area (Å²) in [6.07, 6.45) is -0.391. The highest BCUT2D eigenvalue weighted by Gasteiger charge is 2.37. The smallest absolute Gasteiger partial charge is 0.366 e. The first-order valence-corrected chi connectivity index (χ1v) is 8.64. The molecule has 0 aliphatic rings. The van der Waals surface area contributed by atoms with Crippen LogP contribution in [0.2, 0.25) is 0 Å². The number of halogens is 3. The molecule has 2 aromatic heterocycles. The third kappa shape index (κ3) is 3.80. The molecule has 4 nitrogen and oxygen atoms in total. The van der Waals surface area contributed by atoms with E-state index in [4.69, 9.17) is 5.73 Å². The van der Waals surface area contributed by atoms with Crippen LogP contribution in [-0.4, -0.2) is 15.7 Å². The number of rotatable bonds is 5. The van der Waals surface area contributed by atoms with Crippen molar-refractivity contribution in [3.8, 4) is 10.4 Å². The predicted molar refractivity (Wildman–Crippen MR) is 93.9 cm³/mol. The quantitative estimate of drug-likeness (QED) is 0.727. The fourth-order valence-corrected chi connectivity index (χ4v) is 3.80. The molecule has 26 heavy (non-hydrogen) atoms. The fourth-order valence-electron chi connectivity index (χ4n) is 2.82. The van der Waals surface area contributed by atoms with E-state index in [0.29, 0.717) is 6.42 Å². The average Bonchev–Trinajstić information content (AvgIpc) is 3.20. The molecule has 2 N–H and O–H groups in total. The lowest BCUT2D eigenvalue weighted by molar-refractivity contribution is -0.138. The summed E-state index contributed by atoms with van der Waals surface area (Å²) in [6, 6.07) is 7.77. The SMILES string of the molecule is Cn1cc(-c2ccc(CCc3cccc(C(N)=O)c3C(F)(F)F)s2)cn1. The van der Waals surface area contributed by atoms with Gasteiger partial charge in [0, 0.05) is 28.6 Å². The van der Waals surface area contributed by atoms with Gasteiger partial charge in [-0.05, 0) is 36.6 Å².